The molecule has 26 heavy (non-hydrogen) atoms. The summed E-state index contributed by atoms with van der Waals surface area (Å²) < 4.78 is 7.24. The first kappa shape index (κ1) is 17.4. The van der Waals surface area contributed by atoms with Crippen LogP contribution in [-0.4, -0.2) is 52.1 Å². The molecule has 1 aromatic heterocycles. The van der Waals surface area contributed by atoms with E-state index in [4.69, 9.17) is 16.3 Å². The van der Waals surface area contributed by atoms with Crippen LogP contribution in [0.15, 0.2) is 36.8 Å². The monoisotopic (exact) mass is 374 g/mol. The van der Waals surface area contributed by atoms with Gasteiger partial charge in [0.25, 0.3) is 0 Å². The highest BCUT2D eigenvalue weighted by Crippen LogP contribution is 2.51. The Bertz CT molecular complexity index is 796. The van der Waals surface area contributed by atoms with Crippen molar-refractivity contribution < 1.29 is 9.53 Å². The molecule has 1 saturated heterocycles. The number of benzene rings is 1. The first-order valence-corrected chi connectivity index (χ1v) is 9.25. The lowest BCUT2D eigenvalue weighted by Gasteiger charge is -2.23. The smallest absolute Gasteiger partial charge is 0.389 e. The fourth-order valence-corrected chi connectivity index (χ4v) is 4.25. The van der Waals surface area contributed by atoms with Gasteiger partial charge in [-0.1, -0.05) is 23.7 Å². The lowest BCUT2D eigenvalue weighted by atomic mass is 10.2. The fraction of sp³-hybridized carbons (Fsp3) is 0.474. The predicted molar refractivity (Wildman–Crippen MR) is 99.1 cm³/mol. The van der Waals surface area contributed by atoms with E-state index in [1.165, 1.54) is 0 Å². The number of rotatable bonds is 5. The molecule has 0 spiro atoms. The first-order valence-electron chi connectivity index (χ1n) is 8.87. The van der Waals surface area contributed by atoms with Gasteiger partial charge in [-0.25, -0.2) is 9.78 Å². The molecule has 0 bridgehead atoms. The number of hydrogen-bond donors (Lipinski definition) is 0. The highest BCUT2D eigenvalue weighted by Gasteiger charge is 2.55. The second kappa shape index (κ2) is 6.93. The second-order valence-corrected chi connectivity index (χ2v) is 7.90. The van der Waals surface area contributed by atoms with Crippen molar-refractivity contribution in [2.75, 3.05) is 26.7 Å². The van der Waals surface area contributed by atoms with Crippen molar-refractivity contribution in [1.29, 1.82) is 0 Å². The number of aromatic nitrogens is 2. The van der Waals surface area contributed by atoms with Gasteiger partial charge in [-0.3, -0.25) is 0 Å². The summed E-state index contributed by atoms with van der Waals surface area (Å²) in [4.78, 5) is 21.0. The number of fused-ring (bicyclic) bond motifs is 1. The van der Waals surface area contributed by atoms with Gasteiger partial charge in [0.2, 0.25) is 5.88 Å². The van der Waals surface area contributed by atoms with Crippen LogP contribution in [0.1, 0.15) is 5.56 Å². The molecule has 2 unspecified atom stereocenters. The Morgan fingerprint density at radius 3 is 2.77 bits per heavy atom. The van der Waals surface area contributed by atoms with Crippen LogP contribution in [0.25, 0.3) is 0 Å². The largest absolute Gasteiger partial charge is 0.416 e. The van der Waals surface area contributed by atoms with Crippen LogP contribution < -0.4 is 4.74 Å². The maximum atomic E-state index is 12.8. The van der Waals surface area contributed by atoms with E-state index in [1.807, 2.05) is 31.3 Å². The normalized spacial score (nSPS) is 24.3. The van der Waals surface area contributed by atoms with Crippen molar-refractivity contribution in [3.05, 3.63) is 47.4 Å². The van der Waals surface area contributed by atoms with Gasteiger partial charge in [0.1, 0.15) is 0 Å². The summed E-state index contributed by atoms with van der Waals surface area (Å²) in [5.41, 5.74) is 0.999. The third-order valence-electron chi connectivity index (χ3n) is 5.38. The van der Waals surface area contributed by atoms with Gasteiger partial charge in [-0.2, -0.15) is 0 Å². The zero-order chi connectivity index (χ0) is 18.3. The molecule has 2 atom stereocenters. The van der Waals surface area contributed by atoms with E-state index in [0.717, 1.165) is 18.7 Å². The van der Waals surface area contributed by atoms with Crippen LogP contribution in [0.4, 0.5) is 4.79 Å². The number of aryl methyl sites for hydroxylation is 1. The summed E-state index contributed by atoms with van der Waals surface area (Å²) in [5.74, 6) is 2.28. The lowest BCUT2D eigenvalue weighted by molar-refractivity contribution is 0.142. The molecule has 1 aliphatic carbocycles. The van der Waals surface area contributed by atoms with Crippen LogP contribution in [0.3, 0.4) is 0 Å². The van der Waals surface area contributed by atoms with Crippen molar-refractivity contribution >= 4 is 17.7 Å². The number of imidazole rings is 1. The minimum absolute atomic E-state index is 0.323. The average molecular weight is 375 g/mol. The summed E-state index contributed by atoms with van der Waals surface area (Å²) in [6.45, 7) is 3.44. The number of amides is 1. The molecule has 1 aliphatic heterocycles. The van der Waals surface area contributed by atoms with Gasteiger partial charge in [-0.15, -0.1) is 0 Å². The Hall–Kier alpha value is -2.05. The Morgan fingerprint density at radius 1 is 1.35 bits per heavy atom. The maximum Gasteiger partial charge on any atom is 0.416 e. The maximum absolute atomic E-state index is 12.8. The number of hydrogen-bond acceptors (Lipinski definition) is 4. The summed E-state index contributed by atoms with van der Waals surface area (Å²) >= 11 is 6.10. The van der Waals surface area contributed by atoms with E-state index >= 15 is 0 Å². The zero-order valence-electron chi connectivity index (χ0n) is 15.0. The molecule has 4 rings (SSSR count). The van der Waals surface area contributed by atoms with Crippen LogP contribution in [0, 0.1) is 17.8 Å². The summed E-state index contributed by atoms with van der Waals surface area (Å²) in [6.07, 6.45) is 2.95. The predicted octanol–water partition coefficient (Wildman–Crippen LogP) is 2.88. The SMILES string of the molecule is CN1CC2C(C1)C2CN(Cc1cccc(Cl)c1)C(=O)Oc1cn(C)cn1. The van der Waals surface area contributed by atoms with E-state index in [0.29, 0.717) is 41.7 Å². The number of nitrogens with zero attached hydrogens (tertiary/aromatic N) is 4. The Kier molecular flexibility index (Phi) is 4.63. The van der Waals surface area contributed by atoms with E-state index in [-0.39, 0.29) is 6.09 Å². The standard InChI is InChI=1S/C19H23ClN4O2/c1-22-8-15-16(9-22)17(15)10-24(7-13-4-3-5-14(20)6-13)19(25)26-18-11-23(2)12-21-18/h3-6,11-12,15-17H,7-10H2,1-2H3. The van der Waals surface area contributed by atoms with Crippen molar-refractivity contribution in [2.45, 2.75) is 6.54 Å². The number of piperidine rings is 1. The molecule has 1 amide bonds. The van der Waals surface area contributed by atoms with Crippen molar-refractivity contribution in [2.24, 2.45) is 24.8 Å². The molecule has 138 valence electrons. The quantitative estimate of drug-likeness (QED) is 0.807. The van der Waals surface area contributed by atoms with Crippen molar-refractivity contribution in [3.63, 3.8) is 0 Å². The van der Waals surface area contributed by atoms with Gasteiger partial charge in [0, 0.05) is 38.2 Å². The fourth-order valence-electron chi connectivity index (χ4n) is 4.04. The highest BCUT2D eigenvalue weighted by molar-refractivity contribution is 6.30. The highest BCUT2D eigenvalue weighted by atomic mass is 35.5. The van der Waals surface area contributed by atoms with Crippen LogP contribution in [-0.2, 0) is 13.6 Å². The molecular formula is C19H23ClN4O2. The molecule has 0 N–H and O–H groups in total. The molecular weight excluding hydrogens is 352 g/mol. The molecule has 2 aliphatic rings. The van der Waals surface area contributed by atoms with E-state index < -0.39 is 0 Å². The Morgan fingerprint density at radius 2 is 2.12 bits per heavy atom. The lowest BCUT2D eigenvalue weighted by Crippen LogP contribution is -2.36. The van der Waals surface area contributed by atoms with Gasteiger partial charge >= 0.3 is 6.09 Å². The van der Waals surface area contributed by atoms with E-state index in [2.05, 4.69) is 16.9 Å². The van der Waals surface area contributed by atoms with E-state index in [1.54, 1.807) is 22.0 Å². The van der Waals surface area contributed by atoms with Crippen LogP contribution in [0.2, 0.25) is 5.02 Å². The summed E-state index contributed by atoms with van der Waals surface area (Å²) in [5, 5.41) is 0.672. The molecule has 1 saturated carbocycles. The van der Waals surface area contributed by atoms with Gasteiger partial charge in [0.05, 0.1) is 12.5 Å². The van der Waals surface area contributed by atoms with Gasteiger partial charge < -0.3 is 19.1 Å². The molecule has 1 aromatic carbocycles. The summed E-state index contributed by atoms with van der Waals surface area (Å²) in [7, 11) is 4.00. The average Bonchev–Trinajstić information content (AvgIpc) is 2.92. The minimum atomic E-state index is -0.359. The van der Waals surface area contributed by atoms with Crippen LogP contribution in [0.5, 0.6) is 5.88 Å². The number of ether oxygens (including phenoxy) is 1. The van der Waals surface area contributed by atoms with E-state index in [9.17, 15) is 4.79 Å². The molecule has 6 nitrogen and oxygen atoms in total. The number of halogens is 1. The summed E-state index contributed by atoms with van der Waals surface area (Å²) in [6, 6.07) is 7.61. The third-order valence-corrected chi connectivity index (χ3v) is 5.61. The molecule has 2 heterocycles. The van der Waals surface area contributed by atoms with Crippen molar-refractivity contribution in [1.82, 2.24) is 19.4 Å². The molecule has 2 aromatic rings. The molecule has 0 radical (unpaired) electrons. The Balaban J connectivity index is 1.46. The van der Waals surface area contributed by atoms with Crippen LogP contribution >= 0.6 is 11.6 Å². The topological polar surface area (TPSA) is 50.6 Å². The molecule has 7 heteroatoms. The Labute approximate surface area is 158 Å². The van der Waals surface area contributed by atoms with Crippen molar-refractivity contribution in [3.8, 4) is 5.88 Å². The number of likely N-dealkylation sites (tertiary alicyclic amines) is 1. The number of carbonyl (C=O) groups excluding carboxylic acids is 1. The molecule has 2 fully saturated rings. The van der Waals surface area contributed by atoms with Gasteiger partial charge in [-0.05, 0) is 42.5 Å². The first-order chi connectivity index (χ1) is 12.5. The third kappa shape index (κ3) is 3.71. The number of carbonyl (C=O) groups is 1. The minimum Gasteiger partial charge on any atom is -0.389 e. The zero-order valence-corrected chi connectivity index (χ0v) is 15.8. The van der Waals surface area contributed by atoms with Gasteiger partial charge in [0.15, 0.2) is 0 Å². The second-order valence-electron chi connectivity index (χ2n) is 7.47.